The quantitative estimate of drug-likeness (QED) is 0.328. The van der Waals surface area contributed by atoms with Gasteiger partial charge in [-0.3, -0.25) is 24.2 Å². The molecule has 1 aromatic heterocycles. The molecule has 0 aliphatic heterocycles. The number of hydrogen-bond donors (Lipinski definition) is 4. The fourth-order valence-corrected chi connectivity index (χ4v) is 3.45. The third-order valence-corrected chi connectivity index (χ3v) is 5.47. The van der Waals surface area contributed by atoms with Crippen LogP contribution >= 0.6 is 0 Å². The van der Waals surface area contributed by atoms with E-state index in [9.17, 15) is 19.5 Å². The molecule has 35 heavy (non-hydrogen) atoms. The second-order valence-electron chi connectivity index (χ2n) is 8.33. The third kappa shape index (κ3) is 6.10. The van der Waals surface area contributed by atoms with Gasteiger partial charge >= 0.3 is 0 Å². The van der Waals surface area contributed by atoms with Gasteiger partial charge in [0.1, 0.15) is 11.4 Å². The van der Waals surface area contributed by atoms with E-state index < -0.39 is 17.0 Å². The number of H-pyrrole nitrogens is 1. The molecule has 1 amide bonds. The van der Waals surface area contributed by atoms with E-state index in [2.05, 4.69) is 15.7 Å². The standard InChI is InChI=1S/C25H31N5O5/c1-5-17(15-35-14-16-10-7-6-8-11-16)26-20-21(25(34)30(4)28-23(20)32)27-19-13-9-12-18(22(19)31)24(33)29(2)3/h6-13,17,26-27,31H,5,14-15H2,1-4H3,(H,28,32). The summed E-state index contributed by atoms with van der Waals surface area (Å²) in [5.74, 6) is -0.720. The van der Waals surface area contributed by atoms with Gasteiger partial charge in [-0.15, -0.1) is 0 Å². The van der Waals surface area contributed by atoms with Crippen LogP contribution in [0.25, 0.3) is 0 Å². The number of phenols is 1. The van der Waals surface area contributed by atoms with E-state index in [0.29, 0.717) is 19.6 Å². The molecule has 10 heteroatoms. The molecule has 0 spiro atoms. The summed E-state index contributed by atoms with van der Waals surface area (Å²) in [5.41, 5.74) is 0.147. The maximum absolute atomic E-state index is 13.0. The van der Waals surface area contributed by atoms with Gasteiger partial charge in [0.05, 0.1) is 24.5 Å². The third-order valence-electron chi connectivity index (χ3n) is 5.47. The Morgan fingerprint density at radius 2 is 1.83 bits per heavy atom. The summed E-state index contributed by atoms with van der Waals surface area (Å²) in [6.45, 7) is 2.66. The highest BCUT2D eigenvalue weighted by Gasteiger charge is 2.21. The second-order valence-corrected chi connectivity index (χ2v) is 8.33. The van der Waals surface area contributed by atoms with Crippen molar-refractivity contribution < 1.29 is 14.6 Å². The molecule has 2 aromatic carbocycles. The van der Waals surface area contributed by atoms with E-state index >= 15 is 0 Å². The molecule has 186 valence electrons. The van der Waals surface area contributed by atoms with Crippen molar-refractivity contribution >= 4 is 23.0 Å². The number of hydrogen-bond acceptors (Lipinski definition) is 7. The van der Waals surface area contributed by atoms with E-state index in [-0.39, 0.29) is 34.4 Å². The van der Waals surface area contributed by atoms with Crippen LogP contribution in [0.15, 0.2) is 58.1 Å². The van der Waals surface area contributed by atoms with Crippen molar-refractivity contribution in [3.63, 3.8) is 0 Å². The number of rotatable bonds is 10. The number of aryl methyl sites for hydroxylation is 1. The van der Waals surface area contributed by atoms with Gasteiger partial charge in [-0.1, -0.05) is 43.3 Å². The topological polar surface area (TPSA) is 129 Å². The lowest BCUT2D eigenvalue weighted by Gasteiger charge is -2.21. The number of aromatic hydroxyl groups is 1. The lowest BCUT2D eigenvalue weighted by atomic mass is 10.1. The summed E-state index contributed by atoms with van der Waals surface area (Å²) in [6.07, 6.45) is 0.626. The molecule has 0 aliphatic carbocycles. The Kier molecular flexibility index (Phi) is 8.32. The first-order valence-corrected chi connectivity index (χ1v) is 11.2. The molecule has 1 unspecified atom stereocenters. The highest BCUT2D eigenvalue weighted by molar-refractivity contribution is 5.98. The smallest absolute Gasteiger partial charge is 0.290 e. The summed E-state index contributed by atoms with van der Waals surface area (Å²) >= 11 is 0. The Morgan fingerprint density at radius 1 is 1.11 bits per heavy atom. The van der Waals surface area contributed by atoms with Crippen molar-refractivity contribution in [1.29, 1.82) is 0 Å². The van der Waals surface area contributed by atoms with Crippen LogP contribution in [0.2, 0.25) is 0 Å². The van der Waals surface area contributed by atoms with Crippen LogP contribution in [-0.2, 0) is 18.4 Å². The molecule has 10 nitrogen and oxygen atoms in total. The molecule has 0 saturated heterocycles. The molecule has 0 saturated carbocycles. The second kappa shape index (κ2) is 11.4. The first-order chi connectivity index (χ1) is 16.7. The van der Waals surface area contributed by atoms with Crippen LogP contribution in [0.4, 0.5) is 17.1 Å². The van der Waals surface area contributed by atoms with Crippen molar-refractivity contribution in [3.05, 3.63) is 80.4 Å². The SMILES string of the molecule is CCC(COCc1ccccc1)Nc1c(Nc2cccc(C(=O)N(C)C)c2O)c(=O)n(C)[nH]c1=O. The summed E-state index contributed by atoms with van der Waals surface area (Å²) in [5, 5.41) is 19.2. The summed E-state index contributed by atoms with van der Waals surface area (Å²) < 4.78 is 6.87. The Hall–Kier alpha value is -4.05. The molecular weight excluding hydrogens is 450 g/mol. The largest absolute Gasteiger partial charge is 0.505 e. The van der Waals surface area contributed by atoms with Gasteiger partial charge < -0.3 is 25.4 Å². The molecule has 1 heterocycles. The van der Waals surface area contributed by atoms with Crippen molar-refractivity contribution in [2.24, 2.45) is 7.05 Å². The molecule has 0 fully saturated rings. The molecule has 4 N–H and O–H groups in total. The Morgan fingerprint density at radius 3 is 2.49 bits per heavy atom. The molecule has 0 radical (unpaired) electrons. The molecular formula is C25H31N5O5. The van der Waals surface area contributed by atoms with Gasteiger partial charge in [0, 0.05) is 27.2 Å². The lowest BCUT2D eigenvalue weighted by molar-refractivity contribution is 0.0824. The van der Waals surface area contributed by atoms with E-state index in [1.807, 2.05) is 37.3 Å². The number of aromatic amines is 1. The van der Waals surface area contributed by atoms with E-state index in [0.717, 1.165) is 10.2 Å². The number of phenolic OH excluding ortho intramolecular Hbond substituents is 1. The molecule has 1 atom stereocenters. The normalized spacial score (nSPS) is 11.7. The van der Waals surface area contributed by atoms with E-state index in [1.54, 1.807) is 20.2 Å². The fraction of sp³-hybridized carbons (Fsp3) is 0.320. The number of anilines is 3. The molecule has 0 bridgehead atoms. The Labute approximate surface area is 203 Å². The minimum atomic E-state index is -0.518. The van der Waals surface area contributed by atoms with Gasteiger partial charge in [-0.2, -0.15) is 0 Å². The molecule has 0 aliphatic rings. The summed E-state index contributed by atoms with van der Waals surface area (Å²) in [7, 11) is 4.56. The zero-order chi connectivity index (χ0) is 25.5. The minimum Gasteiger partial charge on any atom is -0.505 e. The van der Waals surface area contributed by atoms with Crippen LogP contribution in [0.5, 0.6) is 5.75 Å². The fourth-order valence-electron chi connectivity index (χ4n) is 3.45. The maximum atomic E-state index is 13.0. The zero-order valence-corrected chi connectivity index (χ0v) is 20.3. The molecule has 3 rings (SSSR count). The highest BCUT2D eigenvalue weighted by Crippen LogP contribution is 2.31. The number of carbonyl (C=O) groups is 1. The van der Waals surface area contributed by atoms with Crippen LogP contribution in [-0.4, -0.2) is 52.4 Å². The number of para-hydroxylation sites is 1. The molecule has 3 aromatic rings. The lowest BCUT2D eigenvalue weighted by Crippen LogP contribution is -2.35. The zero-order valence-electron chi connectivity index (χ0n) is 20.3. The first kappa shape index (κ1) is 25.6. The number of benzene rings is 2. The van der Waals surface area contributed by atoms with Crippen molar-refractivity contribution in [2.75, 3.05) is 31.3 Å². The van der Waals surface area contributed by atoms with Gasteiger partial charge in [0.25, 0.3) is 17.0 Å². The van der Waals surface area contributed by atoms with Gasteiger partial charge in [-0.25, -0.2) is 0 Å². The summed E-state index contributed by atoms with van der Waals surface area (Å²) in [4.78, 5) is 39.5. The predicted molar refractivity (Wildman–Crippen MR) is 136 cm³/mol. The number of nitrogens with zero attached hydrogens (tertiary/aromatic N) is 2. The van der Waals surface area contributed by atoms with Gasteiger partial charge in [-0.05, 0) is 24.1 Å². The first-order valence-electron chi connectivity index (χ1n) is 11.2. The number of ether oxygens (including phenoxy) is 1. The van der Waals surface area contributed by atoms with Gasteiger partial charge in [0.15, 0.2) is 5.75 Å². The van der Waals surface area contributed by atoms with Crippen molar-refractivity contribution in [1.82, 2.24) is 14.7 Å². The van der Waals surface area contributed by atoms with Gasteiger partial charge in [0.2, 0.25) is 0 Å². The Balaban J connectivity index is 1.88. The minimum absolute atomic E-state index is 0.0204. The number of aromatic nitrogens is 2. The van der Waals surface area contributed by atoms with Crippen LogP contribution < -0.4 is 21.8 Å². The monoisotopic (exact) mass is 481 g/mol. The van der Waals surface area contributed by atoms with Crippen LogP contribution in [0, 0.1) is 0 Å². The number of carbonyl (C=O) groups excluding carboxylic acids is 1. The average Bonchev–Trinajstić information content (AvgIpc) is 2.84. The average molecular weight is 482 g/mol. The van der Waals surface area contributed by atoms with Crippen LogP contribution in [0.1, 0.15) is 29.3 Å². The van der Waals surface area contributed by atoms with Crippen LogP contribution in [0.3, 0.4) is 0 Å². The van der Waals surface area contributed by atoms with Crippen molar-refractivity contribution in [2.45, 2.75) is 26.0 Å². The highest BCUT2D eigenvalue weighted by atomic mass is 16.5. The summed E-state index contributed by atoms with van der Waals surface area (Å²) in [6, 6.07) is 14.0. The predicted octanol–water partition coefficient (Wildman–Crippen LogP) is 2.63. The van der Waals surface area contributed by atoms with E-state index in [4.69, 9.17) is 4.74 Å². The van der Waals surface area contributed by atoms with E-state index in [1.165, 1.54) is 24.1 Å². The number of nitrogens with one attached hydrogen (secondary N) is 3. The Bertz CT molecular complexity index is 1280. The number of amides is 1. The van der Waals surface area contributed by atoms with Crippen molar-refractivity contribution in [3.8, 4) is 5.75 Å². The maximum Gasteiger partial charge on any atom is 0.290 e.